The lowest BCUT2D eigenvalue weighted by Crippen LogP contribution is -2.37. The third kappa shape index (κ3) is 4.64. The average Bonchev–Trinajstić information content (AvgIpc) is 2.60. The maximum absolute atomic E-state index is 12.2. The van der Waals surface area contributed by atoms with E-state index in [0.29, 0.717) is 44.0 Å². The van der Waals surface area contributed by atoms with E-state index in [2.05, 4.69) is 15.3 Å². The third-order valence-electron chi connectivity index (χ3n) is 3.60. The third-order valence-corrected chi connectivity index (χ3v) is 3.60. The number of rotatable bonds is 3. The number of hydrogen-bond acceptors (Lipinski definition) is 5. The van der Waals surface area contributed by atoms with Crippen LogP contribution < -0.4 is 5.32 Å². The molecule has 1 aliphatic rings. The highest BCUT2D eigenvalue weighted by Crippen LogP contribution is 2.21. The van der Waals surface area contributed by atoms with E-state index in [1.807, 2.05) is 6.92 Å². The van der Waals surface area contributed by atoms with Crippen LogP contribution in [0.5, 0.6) is 0 Å². The van der Waals surface area contributed by atoms with Crippen LogP contribution in [0.3, 0.4) is 0 Å². The lowest BCUT2D eigenvalue weighted by atomic mass is 9.98. The molecule has 1 aromatic heterocycles. The van der Waals surface area contributed by atoms with Crippen molar-refractivity contribution in [2.75, 3.05) is 25.5 Å². The summed E-state index contributed by atoms with van der Waals surface area (Å²) in [4.78, 5) is 22.0. The van der Waals surface area contributed by atoms with Crippen molar-refractivity contribution in [1.82, 2.24) is 14.9 Å². The molecule has 0 aliphatic carbocycles. The van der Waals surface area contributed by atoms with Crippen molar-refractivity contribution in [2.45, 2.75) is 38.4 Å². The Labute approximate surface area is 124 Å². The molecule has 1 aromatic rings. The molecule has 116 valence electrons. The van der Waals surface area contributed by atoms with Gasteiger partial charge in [-0.15, -0.1) is 0 Å². The molecule has 0 radical (unpaired) electrons. The summed E-state index contributed by atoms with van der Waals surface area (Å²) in [6.07, 6.45) is 3.48. The Morgan fingerprint density at radius 3 is 3.05 bits per heavy atom. The Bertz CT molecular complexity index is 493. The van der Waals surface area contributed by atoms with Gasteiger partial charge in [0.25, 0.3) is 0 Å². The largest absolute Gasteiger partial charge is 0.390 e. The van der Waals surface area contributed by atoms with Gasteiger partial charge in [0, 0.05) is 26.3 Å². The van der Waals surface area contributed by atoms with Gasteiger partial charge in [0.1, 0.15) is 12.1 Å². The zero-order valence-corrected chi connectivity index (χ0v) is 12.5. The quantitative estimate of drug-likeness (QED) is 0.879. The fraction of sp³-hybridized carbons (Fsp3) is 0.643. The van der Waals surface area contributed by atoms with Gasteiger partial charge in [0.15, 0.2) is 0 Å². The highest BCUT2D eigenvalue weighted by Gasteiger charge is 2.27. The maximum Gasteiger partial charge on any atom is 0.323 e. The minimum atomic E-state index is -0.685. The van der Waals surface area contributed by atoms with Crippen LogP contribution in [0.4, 0.5) is 10.6 Å². The fourth-order valence-electron chi connectivity index (χ4n) is 2.35. The predicted octanol–water partition coefficient (Wildman–Crippen LogP) is 1.39. The Morgan fingerprint density at radius 1 is 1.48 bits per heavy atom. The molecule has 0 aromatic carbocycles. The van der Waals surface area contributed by atoms with Gasteiger partial charge in [-0.3, -0.25) is 5.32 Å². The first-order chi connectivity index (χ1) is 10.00. The number of hydrogen-bond donors (Lipinski definition) is 2. The molecule has 7 heteroatoms. The number of likely N-dealkylation sites (tertiary alicyclic amines) is 1. The molecular formula is C14H22N4O3. The predicted molar refractivity (Wildman–Crippen MR) is 77.8 cm³/mol. The molecule has 7 nitrogen and oxygen atoms in total. The topological polar surface area (TPSA) is 87.6 Å². The van der Waals surface area contributed by atoms with Crippen LogP contribution in [-0.4, -0.2) is 51.8 Å². The summed E-state index contributed by atoms with van der Waals surface area (Å²) >= 11 is 0. The van der Waals surface area contributed by atoms with Gasteiger partial charge in [-0.2, -0.15) is 0 Å². The Hall–Kier alpha value is -1.73. The second-order valence-electron chi connectivity index (χ2n) is 5.60. The number of ether oxygens (including phenoxy) is 1. The van der Waals surface area contributed by atoms with E-state index >= 15 is 0 Å². The van der Waals surface area contributed by atoms with Crippen LogP contribution in [0.2, 0.25) is 0 Å². The fourth-order valence-corrected chi connectivity index (χ4v) is 2.35. The van der Waals surface area contributed by atoms with E-state index in [1.54, 1.807) is 18.1 Å². The van der Waals surface area contributed by atoms with Crippen molar-refractivity contribution >= 4 is 11.8 Å². The first kappa shape index (κ1) is 15.7. The average molecular weight is 294 g/mol. The van der Waals surface area contributed by atoms with Crippen molar-refractivity contribution in [3.63, 3.8) is 0 Å². The van der Waals surface area contributed by atoms with Crippen molar-refractivity contribution in [3.05, 3.63) is 18.1 Å². The first-order valence-corrected chi connectivity index (χ1v) is 7.08. The molecular weight excluding hydrogens is 272 g/mol. The second kappa shape index (κ2) is 6.82. The van der Waals surface area contributed by atoms with E-state index in [0.717, 1.165) is 6.42 Å². The van der Waals surface area contributed by atoms with Crippen molar-refractivity contribution in [2.24, 2.45) is 0 Å². The zero-order chi connectivity index (χ0) is 15.3. The maximum atomic E-state index is 12.2. The van der Waals surface area contributed by atoms with Gasteiger partial charge in [0.05, 0.1) is 17.9 Å². The van der Waals surface area contributed by atoms with Crippen LogP contribution in [0, 0.1) is 0 Å². The van der Waals surface area contributed by atoms with Crippen molar-refractivity contribution < 1.29 is 14.6 Å². The van der Waals surface area contributed by atoms with Crippen LogP contribution in [-0.2, 0) is 11.3 Å². The van der Waals surface area contributed by atoms with Crippen LogP contribution >= 0.6 is 0 Å². The lowest BCUT2D eigenvalue weighted by molar-refractivity contribution is 0.0458. The number of aliphatic hydroxyl groups is 1. The van der Waals surface area contributed by atoms with Crippen LogP contribution in [0.25, 0.3) is 0 Å². The first-order valence-electron chi connectivity index (χ1n) is 7.08. The number of amides is 2. The smallest absolute Gasteiger partial charge is 0.323 e. The van der Waals surface area contributed by atoms with Crippen molar-refractivity contribution in [3.8, 4) is 0 Å². The molecule has 0 spiro atoms. The van der Waals surface area contributed by atoms with Gasteiger partial charge in [-0.1, -0.05) is 0 Å². The highest BCUT2D eigenvalue weighted by atomic mass is 16.5. The van der Waals surface area contributed by atoms with Crippen LogP contribution in [0.15, 0.2) is 12.4 Å². The van der Waals surface area contributed by atoms with Gasteiger partial charge in [0.2, 0.25) is 0 Å². The molecule has 1 saturated heterocycles. The molecule has 1 atom stereocenters. The minimum absolute atomic E-state index is 0.199. The number of nitrogens with one attached hydrogen (secondary N) is 1. The summed E-state index contributed by atoms with van der Waals surface area (Å²) in [5, 5.41) is 12.8. The summed E-state index contributed by atoms with van der Waals surface area (Å²) in [6, 6.07) is 1.49. The number of methoxy groups -OCH3 is 1. The monoisotopic (exact) mass is 294 g/mol. The normalized spacial score (nSPS) is 22.7. The molecule has 2 N–H and O–H groups in total. The summed E-state index contributed by atoms with van der Waals surface area (Å²) < 4.78 is 5.00. The Morgan fingerprint density at radius 2 is 2.29 bits per heavy atom. The molecule has 0 saturated carbocycles. The number of carbonyl (C=O) groups is 1. The summed E-state index contributed by atoms with van der Waals surface area (Å²) in [5.41, 5.74) is 0.0249. The SMILES string of the molecule is COCc1cc(NC(=O)N2CCCC(C)(O)CC2)ncn1. The molecule has 0 bridgehead atoms. The van der Waals surface area contributed by atoms with Gasteiger partial charge < -0.3 is 14.7 Å². The summed E-state index contributed by atoms with van der Waals surface area (Å²) in [5.74, 6) is 0.457. The summed E-state index contributed by atoms with van der Waals surface area (Å²) in [7, 11) is 1.59. The van der Waals surface area contributed by atoms with E-state index in [4.69, 9.17) is 4.74 Å². The van der Waals surface area contributed by atoms with E-state index in [9.17, 15) is 9.90 Å². The van der Waals surface area contributed by atoms with Gasteiger partial charge >= 0.3 is 6.03 Å². The van der Waals surface area contributed by atoms with E-state index < -0.39 is 5.60 Å². The van der Waals surface area contributed by atoms with E-state index in [1.165, 1.54) is 6.33 Å². The number of carbonyl (C=O) groups excluding carboxylic acids is 1. The Balaban J connectivity index is 1.96. The van der Waals surface area contributed by atoms with E-state index in [-0.39, 0.29) is 6.03 Å². The Kier molecular flexibility index (Phi) is 5.08. The van der Waals surface area contributed by atoms with Gasteiger partial charge in [-0.25, -0.2) is 14.8 Å². The second-order valence-corrected chi connectivity index (χ2v) is 5.60. The highest BCUT2D eigenvalue weighted by molar-refractivity contribution is 5.88. The number of aromatic nitrogens is 2. The molecule has 2 amide bonds. The molecule has 1 unspecified atom stereocenters. The van der Waals surface area contributed by atoms with Crippen LogP contribution in [0.1, 0.15) is 31.9 Å². The lowest BCUT2D eigenvalue weighted by Gasteiger charge is -2.22. The van der Waals surface area contributed by atoms with Crippen molar-refractivity contribution in [1.29, 1.82) is 0 Å². The number of anilines is 1. The van der Waals surface area contributed by atoms with Gasteiger partial charge in [-0.05, 0) is 26.2 Å². The molecule has 1 fully saturated rings. The number of urea groups is 1. The minimum Gasteiger partial charge on any atom is -0.390 e. The number of nitrogens with zero attached hydrogens (tertiary/aromatic N) is 3. The molecule has 1 aliphatic heterocycles. The standard InChI is InChI=1S/C14H22N4O3/c1-14(20)4-3-6-18(7-5-14)13(19)17-12-8-11(9-21-2)15-10-16-12/h8,10,20H,3-7,9H2,1-2H3,(H,15,16,17,19). The molecule has 21 heavy (non-hydrogen) atoms. The molecule has 2 rings (SSSR count). The zero-order valence-electron chi connectivity index (χ0n) is 12.5. The summed E-state index contributed by atoms with van der Waals surface area (Å²) in [6.45, 7) is 3.36. The molecule has 2 heterocycles.